The molecule has 0 spiro atoms. The fourth-order valence-electron chi connectivity index (χ4n) is 7.42. The van der Waals surface area contributed by atoms with Crippen molar-refractivity contribution in [1.29, 1.82) is 0 Å². The van der Waals surface area contributed by atoms with Crippen LogP contribution in [0.1, 0.15) is 171 Å². The van der Waals surface area contributed by atoms with E-state index >= 15 is 0 Å². The molecule has 0 aliphatic rings. The van der Waals surface area contributed by atoms with E-state index < -0.39 is 25.7 Å². The third-order valence-corrected chi connectivity index (χ3v) is 23.4. The van der Waals surface area contributed by atoms with Crippen molar-refractivity contribution in [2.75, 3.05) is 49.3 Å². The van der Waals surface area contributed by atoms with E-state index in [1.165, 1.54) is 6.92 Å². The van der Waals surface area contributed by atoms with Crippen molar-refractivity contribution in [3.63, 3.8) is 0 Å². The van der Waals surface area contributed by atoms with E-state index in [0.717, 1.165) is 152 Å². The normalized spacial score (nSPS) is 14.5. The summed E-state index contributed by atoms with van der Waals surface area (Å²) in [5.74, 6) is -1.04. The average molecular weight is 692 g/mol. The molecule has 0 aromatic rings. The van der Waals surface area contributed by atoms with E-state index in [1.807, 2.05) is 0 Å². The van der Waals surface area contributed by atoms with Gasteiger partial charge in [-0.25, -0.2) is 0 Å². The number of unbranched alkanes of at least 4 members (excludes halogenated alkanes) is 8. The summed E-state index contributed by atoms with van der Waals surface area (Å²) in [5.41, 5.74) is 0. The second-order valence-electron chi connectivity index (χ2n) is 14.7. The Kier molecular flexibility index (Phi) is 23.2. The molecule has 0 bridgehead atoms. The van der Waals surface area contributed by atoms with Crippen molar-refractivity contribution >= 4 is 31.5 Å². The quantitative estimate of drug-likeness (QED) is 0.0758. The van der Waals surface area contributed by atoms with Gasteiger partial charge in [0.1, 0.15) is 0 Å². The van der Waals surface area contributed by atoms with Gasteiger partial charge in [-0.15, -0.1) is 0 Å². The Morgan fingerprint density at radius 3 is 0.978 bits per heavy atom. The van der Waals surface area contributed by atoms with Gasteiger partial charge in [-0.05, 0) is 0 Å². The minimum atomic E-state index is -2.94. The van der Waals surface area contributed by atoms with E-state index in [-0.39, 0.29) is 18.3 Å². The molecule has 0 radical (unpaired) electrons. The molecule has 0 rings (SSSR count). The van der Waals surface area contributed by atoms with E-state index in [9.17, 15) is 14.4 Å². The monoisotopic (exact) mass is 692 g/mol. The molecule has 0 aromatic carbocycles. The predicted octanol–water partition coefficient (Wildman–Crippen LogP) is 11.3. The predicted molar refractivity (Wildman–Crippen MR) is 206 cm³/mol. The molecule has 1 N–H and O–H groups in total. The molecule has 0 aliphatic heterocycles. The van der Waals surface area contributed by atoms with Crippen LogP contribution in [0.25, 0.3) is 0 Å². The van der Waals surface area contributed by atoms with Gasteiger partial charge < -0.3 is 0 Å². The van der Waals surface area contributed by atoms with E-state index in [2.05, 4.69) is 60.7 Å². The van der Waals surface area contributed by atoms with Gasteiger partial charge in [-0.1, -0.05) is 0 Å². The Labute approximate surface area is 286 Å². The van der Waals surface area contributed by atoms with Gasteiger partial charge in [0.05, 0.1) is 0 Å². The van der Waals surface area contributed by atoms with Crippen molar-refractivity contribution in [2.24, 2.45) is 0 Å². The first-order valence-electron chi connectivity index (χ1n) is 19.7. The van der Waals surface area contributed by atoms with Gasteiger partial charge in [0, 0.05) is 0 Å². The third-order valence-electron chi connectivity index (χ3n) is 10.4. The number of hydrogen-bond acceptors (Lipinski definition) is 5. The van der Waals surface area contributed by atoms with Gasteiger partial charge in [0.25, 0.3) is 0 Å². The second-order valence-corrected chi connectivity index (χ2v) is 26.0. The summed E-state index contributed by atoms with van der Waals surface area (Å²) < 4.78 is 13.9. The van der Waals surface area contributed by atoms with Crippen LogP contribution in [-0.4, -0.2) is 73.2 Å². The first-order chi connectivity index (χ1) is 21.9. The maximum atomic E-state index is 14.4. The van der Waals surface area contributed by atoms with Crippen molar-refractivity contribution in [1.82, 2.24) is 5.32 Å². The fourth-order valence-corrected chi connectivity index (χ4v) is 21.0. The molecule has 8 heteroatoms. The molecule has 0 unspecified atom stereocenters. The van der Waals surface area contributed by atoms with Crippen LogP contribution in [0.5, 0.6) is 0 Å². The Bertz CT molecular complexity index is 777. The van der Waals surface area contributed by atoms with Gasteiger partial charge >= 0.3 is 287 Å². The molecule has 0 heterocycles. The van der Waals surface area contributed by atoms with Crippen LogP contribution in [0.2, 0.25) is 0 Å². The van der Waals surface area contributed by atoms with E-state index in [4.69, 9.17) is 9.05 Å². The van der Waals surface area contributed by atoms with Gasteiger partial charge in [0.2, 0.25) is 0 Å². The van der Waals surface area contributed by atoms with Crippen LogP contribution in [0.3, 0.4) is 0 Å². The van der Waals surface area contributed by atoms with E-state index in [0.29, 0.717) is 0 Å². The molecule has 0 aromatic heterocycles. The van der Waals surface area contributed by atoms with Crippen LogP contribution in [-0.2, 0) is 23.4 Å². The minimum absolute atomic E-state index is 0.150. The van der Waals surface area contributed by atoms with Crippen LogP contribution >= 0.6 is 13.7 Å². The number of amides is 1. The first-order valence-corrected chi connectivity index (χ1v) is 25.5. The Morgan fingerprint density at radius 2 is 0.739 bits per heavy atom. The second kappa shape index (κ2) is 23.6. The Balaban J connectivity index is 6.83. The van der Waals surface area contributed by atoms with Crippen molar-refractivity contribution in [2.45, 2.75) is 178 Å². The summed E-state index contributed by atoms with van der Waals surface area (Å²) in [4.78, 5) is 41.2. The zero-order valence-electron chi connectivity index (χ0n) is 32.2. The molecular formula is C38H79NO5P2. The van der Waals surface area contributed by atoms with Crippen LogP contribution < -0.4 is 5.32 Å². The van der Waals surface area contributed by atoms with Crippen LogP contribution in [0.15, 0.2) is 0 Å². The van der Waals surface area contributed by atoms with Gasteiger partial charge in [0.15, 0.2) is 0 Å². The Morgan fingerprint density at radius 1 is 0.478 bits per heavy atom. The summed E-state index contributed by atoms with van der Waals surface area (Å²) in [5, 5.41) is 2.87. The van der Waals surface area contributed by atoms with Gasteiger partial charge in [-0.3, -0.25) is 0 Å². The van der Waals surface area contributed by atoms with Crippen LogP contribution in [0.4, 0.5) is 0 Å². The molecule has 6 nitrogen and oxygen atoms in total. The maximum absolute atomic E-state index is 14.4. The summed E-state index contributed by atoms with van der Waals surface area (Å²) in [6, 6.07) is -1.02. The number of nitrogens with one attached hydrogen (secondary N) is 1. The number of carbonyl (C=O) groups excluding carboxylic acids is 3. The zero-order valence-corrected chi connectivity index (χ0v) is 34.0. The number of rotatable bonds is 30. The molecule has 1 amide bonds. The topological polar surface area (TPSA) is 81.7 Å². The summed E-state index contributed by atoms with van der Waals surface area (Å²) >= 11 is 0. The number of hydrogen-bond donors (Lipinski definition) is 1. The molecule has 0 saturated heterocycles. The SMILES string of the molecule is CCCCP(CCCC)(CCCC)(CCCC)OC(=O)C[C@@H](NC(C)=O)C(=O)OP(CCCC)(CCCC)(CCCC)CCCC. The standard InChI is InChI=1S/C38H79NO5P2/c1-10-18-26-45(27-19-11-2,28-20-12-3,29-21-13-4)43-37(41)34-36(39-35(9)40)38(42)44-46(30-22-14-5,31-23-15-6,32-24-16-7)33-25-17-8/h36H,10-34H2,1-9H3,(H,39,40)/t36-/m1/s1. The molecule has 0 saturated carbocycles. The average Bonchev–Trinajstić information content (AvgIpc) is 3.04. The van der Waals surface area contributed by atoms with Crippen molar-refractivity contribution < 1.29 is 23.4 Å². The zero-order chi connectivity index (χ0) is 35.0. The molecule has 0 aliphatic carbocycles. The van der Waals surface area contributed by atoms with Crippen molar-refractivity contribution in [3.05, 3.63) is 0 Å². The van der Waals surface area contributed by atoms with Crippen LogP contribution in [0, 0.1) is 0 Å². The fraction of sp³-hybridized carbons (Fsp3) is 0.921. The molecular weight excluding hydrogens is 612 g/mol. The molecule has 46 heavy (non-hydrogen) atoms. The molecule has 0 fully saturated rings. The Hall–Kier alpha value is -0.730. The molecule has 276 valence electrons. The first kappa shape index (κ1) is 45.3. The third kappa shape index (κ3) is 15.2. The van der Waals surface area contributed by atoms with E-state index in [1.54, 1.807) is 0 Å². The van der Waals surface area contributed by atoms with Crippen molar-refractivity contribution in [3.8, 4) is 0 Å². The summed E-state index contributed by atoms with van der Waals surface area (Å²) in [6.07, 6.45) is 24.4. The summed E-state index contributed by atoms with van der Waals surface area (Å²) in [7, 11) is 0. The summed E-state index contributed by atoms with van der Waals surface area (Å²) in [6.45, 7) is 13.3. The number of carbonyl (C=O) groups is 3. The van der Waals surface area contributed by atoms with Gasteiger partial charge in [-0.2, -0.15) is 0 Å². The molecule has 1 atom stereocenters.